The molecule has 3 heteroatoms. The lowest BCUT2D eigenvalue weighted by molar-refractivity contribution is 0.184. The van der Waals surface area contributed by atoms with Gasteiger partial charge in [-0.1, -0.05) is 12.5 Å². The number of hydrogen-bond acceptors (Lipinski definition) is 3. The third kappa shape index (κ3) is 2.47. The van der Waals surface area contributed by atoms with E-state index in [1.165, 1.54) is 19.3 Å². The molecule has 0 bridgehead atoms. The van der Waals surface area contributed by atoms with Gasteiger partial charge in [-0.3, -0.25) is 0 Å². The van der Waals surface area contributed by atoms with E-state index >= 15 is 0 Å². The topological polar surface area (TPSA) is 43.7 Å². The smallest absolute Gasteiger partial charge is 0.157 e. The molecule has 0 spiro atoms. The van der Waals surface area contributed by atoms with Crippen LogP contribution < -0.4 is 0 Å². The van der Waals surface area contributed by atoms with Crippen LogP contribution in [0.1, 0.15) is 24.8 Å². The van der Waals surface area contributed by atoms with E-state index in [2.05, 4.69) is 11.9 Å². The van der Waals surface area contributed by atoms with Crippen LogP contribution in [0.2, 0.25) is 0 Å². The molecule has 16 heavy (non-hydrogen) atoms. The lowest BCUT2D eigenvalue weighted by Gasteiger charge is -2.32. The van der Waals surface area contributed by atoms with Gasteiger partial charge < -0.3 is 15.1 Å². The van der Waals surface area contributed by atoms with Crippen molar-refractivity contribution in [1.82, 2.24) is 4.90 Å². The Morgan fingerprint density at radius 1 is 1.25 bits per heavy atom. The highest BCUT2D eigenvalue weighted by atomic mass is 16.3. The van der Waals surface area contributed by atoms with Crippen molar-refractivity contribution in [2.75, 3.05) is 13.6 Å². The molecule has 1 heterocycles. The molecule has 1 saturated heterocycles. The van der Waals surface area contributed by atoms with Gasteiger partial charge in [-0.25, -0.2) is 0 Å². The van der Waals surface area contributed by atoms with E-state index in [0.717, 1.165) is 18.5 Å². The van der Waals surface area contributed by atoms with Gasteiger partial charge in [0.15, 0.2) is 11.5 Å². The second-order valence-corrected chi connectivity index (χ2v) is 4.66. The number of likely N-dealkylation sites (tertiary alicyclic amines) is 1. The SMILES string of the molecule is CN1CCCCC1Cc1ccc(O)c(O)c1. The Bertz CT molecular complexity index is 365. The predicted molar refractivity (Wildman–Crippen MR) is 63.7 cm³/mol. The van der Waals surface area contributed by atoms with Gasteiger partial charge in [0.25, 0.3) is 0 Å². The van der Waals surface area contributed by atoms with E-state index in [-0.39, 0.29) is 11.5 Å². The average Bonchev–Trinajstić information content (AvgIpc) is 2.27. The van der Waals surface area contributed by atoms with E-state index in [9.17, 15) is 10.2 Å². The molecule has 1 aromatic rings. The third-order valence-corrected chi connectivity index (χ3v) is 3.43. The van der Waals surface area contributed by atoms with E-state index in [4.69, 9.17) is 0 Å². The zero-order chi connectivity index (χ0) is 11.5. The van der Waals surface area contributed by atoms with E-state index in [1.54, 1.807) is 12.1 Å². The van der Waals surface area contributed by atoms with Crippen molar-refractivity contribution in [3.05, 3.63) is 23.8 Å². The summed E-state index contributed by atoms with van der Waals surface area (Å²) in [6.45, 7) is 1.16. The van der Waals surface area contributed by atoms with Crippen molar-refractivity contribution in [2.24, 2.45) is 0 Å². The highest BCUT2D eigenvalue weighted by Gasteiger charge is 2.19. The lowest BCUT2D eigenvalue weighted by atomic mass is 9.96. The maximum atomic E-state index is 9.43. The minimum atomic E-state index is -0.0410. The van der Waals surface area contributed by atoms with Crippen LogP contribution in [0.15, 0.2) is 18.2 Å². The van der Waals surface area contributed by atoms with Crippen molar-refractivity contribution in [3.63, 3.8) is 0 Å². The summed E-state index contributed by atoms with van der Waals surface area (Å²) in [7, 11) is 2.16. The summed E-state index contributed by atoms with van der Waals surface area (Å²) in [5.74, 6) is -0.0586. The third-order valence-electron chi connectivity index (χ3n) is 3.43. The van der Waals surface area contributed by atoms with Gasteiger partial charge in [0.2, 0.25) is 0 Å². The molecular formula is C13H19NO2. The molecular weight excluding hydrogens is 202 g/mol. The molecule has 2 N–H and O–H groups in total. The summed E-state index contributed by atoms with van der Waals surface area (Å²) in [5, 5.41) is 18.7. The number of phenols is 2. The van der Waals surface area contributed by atoms with Crippen LogP contribution in [0.4, 0.5) is 0 Å². The van der Waals surface area contributed by atoms with Gasteiger partial charge in [0, 0.05) is 6.04 Å². The zero-order valence-electron chi connectivity index (χ0n) is 9.69. The van der Waals surface area contributed by atoms with Gasteiger partial charge >= 0.3 is 0 Å². The summed E-state index contributed by atoms with van der Waals surface area (Å²) in [5.41, 5.74) is 1.09. The number of piperidine rings is 1. The summed E-state index contributed by atoms with van der Waals surface area (Å²) in [6.07, 6.45) is 4.75. The number of phenolic OH excluding ortho intramolecular Hbond substituents is 2. The average molecular weight is 221 g/mol. The summed E-state index contributed by atoms with van der Waals surface area (Å²) in [4.78, 5) is 2.38. The van der Waals surface area contributed by atoms with Crippen molar-refractivity contribution in [2.45, 2.75) is 31.7 Å². The number of benzene rings is 1. The van der Waals surface area contributed by atoms with Crippen molar-refractivity contribution in [1.29, 1.82) is 0 Å². The van der Waals surface area contributed by atoms with E-state index in [1.807, 2.05) is 6.07 Å². The lowest BCUT2D eigenvalue weighted by Crippen LogP contribution is -2.37. The molecule has 1 aliphatic heterocycles. The molecule has 0 radical (unpaired) electrons. The van der Waals surface area contributed by atoms with Gasteiger partial charge in [0.05, 0.1) is 0 Å². The predicted octanol–water partition coefficient (Wildman–Crippen LogP) is 2.12. The standard InChI is InChI=1S/C13H19NO2/c1-14-7-3-2-4-11(14)8-10-5-6-12(15)13(16)9-10/h5-6,9,11,15-16H,2-4,7-8H2,1H3. The first kappa shape index (κ1) is 11.3. The Hall–Kier alpha value is -1.22. The first-order chi connectivity index (χ1) is 7.66. The van der Waals surface area contributed by atoms with Crippen molar-refractivity contribution >= 4 is 0 Å². The summed E-state index contributed by atoms with van der Waals surface area (Å²) >= 11 is 0. The molecule has 0 amide bonds. The van der Waals surface area contributed by atoms with Crippen molar-refractivity contribution in [3.8, 4) is 11.5 Å². The maximum Gasteiger partial charge on any atom is 0.157 e. The van der Waals surface area contributed by atoms with Gasteiger partial charge in [-0.15, -0.1) is 0 Å². The van der Waals surface area contributed by atoms with E-state index in [0.29, 0.717) is 6.04 Å². The molecule has 1 aliphatic rings. The molecule has 1 fully saturated rings. The van der Waals surface area contributed by atoms with Crippen LogP contribution in [0, 0.1) is 0 Å². The normalized spacial score (nSPS) is 22.2. The number of hydrogen-bond donors (Lipinski definition) is 2. The van der Waals surface area contributed by atoms with Gasteiger partial charge in [-0.05, 0) is 50.6 Å². The molecule has 0 aromatic heterocycles. The minimum absolute atomic E-state index is 0.0176. The highest BCUT2D eigenvalue weighted by Crippen LogP contribution is 2.27. The van der Waals surface area contributed by atoms with Gasteiger partial charge in [0.1, 0.15) is 0 Å². The fourth-order valence-corrected chi connectivity index (χ4v) is 2.37. The van der Waals surface area contributed by atoms with Crippen LogP contribution in [0.25, 0.3) is 0 Å². The number of aromatic hydroxyl groups is 2. The Balaban J connectivity index is 2.05. The van der Waals surface area contributed by atoms with E-state index < -0.39 is 0 Å². The van der Waals surface area contributed by atoms with Crippen LogP contribution in [0.3, 0.4) is 0 Å². The Morgan fingerprint density at radius 3 is 2.75 bits per heavy atom. The first-order valence-electron chi connectivity index (χ1n) is 5.88. The zero-order valence-corrected chi connectivity index (χ0v) is 9.69. The van der Waals surface area contributed by atoms with Gasteiger partial charge in [-0.2, -0.15) is 0 Å². The molecule has 1 atom stereocenters. The molecule has 0 aliphatic carbocycles. The minimum Gasteiger partial charge on any atom is -0.504 e. The molecule has 2 rings (SSSR count). The molecule has 88 valence electrons. The molecule has 3 nitrogen and oxygen atoms in total. The fourth-order valence-electron chi connectivity index (χ4n) is 2.37. The van der Waals surface area contributed by atoms with Crippen molar-refractivity contribution < 1.29 is 10.2 Å². The highest BCUT2D eigenvalue weighted by molar-refractivity contribution is 5.40. The van der Waals surface area contributed by atoms with Crippen LogP contribution in [-0.4, -0.2) is 34.7 Å². The largest absolute Gasteiger partial charge is 0.504 e. The van der Waals surface area contributed by atoms with Crippen LogP contribution >= 0.6 is 0 Å². The second kappa shape index (κ2) is 4.74. The second-order valence-electron chi connectivity index (χ2n) is 4.66. The number of likely N-dealkylation sites (N-methyl/N-ethyl adjacent to an activating group) is 1. The Labute approximate surface area is 96.3 Å². The number of rotatable bonds is 2. The first-order valence-corrected chi connectivity index (χ1v) is 5.88. The molecule has 0 saturated carbocycles. The monoisotopic (exact) mass is 221 g/mol. The van der Waals surface area contributed by atoms with Crippen LogP contribution in [0.5, 0.6) is 11.5 Å². The summed E-state index contributed by atoms with van der Waals surface area (Å²) < 4.78 is 0. The maximum absolute atomic E-state index is 9.43. The Morgan fingerprint density at radius 2 is 2.06 bits per heavy atom. The molecule has 1 unspecified atom stereocenters. The Kier molecular flexibility index (Phi) is 3.34. The quantitative estimate of drug-likeness (QED) is 0.752. The fraction of sp³-hybridized carbons (Fsp3) is 0.538. The summed E-state index contributed by atoms with van der Waals surface area (Å²) in [6, 6.07) is 5.68. The molecule has 1 aromatic carbocycles. The van der Waals surface area contributed by atoms with Crippen LogP contribution in [-0.2, 0) is 6.42 Å². The number of nitrogens with zero attached hydrogens (tertiary/aromatic N) is 1.